The fourth-order valence-corrected chi connectivity index (χ4v) is 6.04. The number of hydrogen-bond acceptors (Lipinski definition) is 6. The molecule has 2 amide bonds. The number of esters is 1. The van der Waals surface area contributed by atoms with Crippen LogP contribution in [0, 0.1) is 12.3 Å². The maximum Gasteiger partial charge on any atom is 0.306 e. The zero-order valence-electron chi connectivity index (χ0n) is 23.5. The highest BCUT2D eigenvalue weighted by Crippen LogP contribution is 2.47. The van der Waals surface area contributed by atoms with Gasteiger partial charge in [-0.2, -0.15) is 0 Å². The zero-order valence-corrected chi connectivity index (χ0v) is 23.5. The van der Waals surface area contributed by atoms with E-state index in [-0.39, 0.29) is 18.7 Å². The van der Waals surface area contributed by atoms with Crippen LogP contribution < -0.4 is 11.1 Å². The van der Waals surface area contributed by atoms with Gasteiger partial charge in [0.2, 0.25) is 5.91 Å². The molecule has 4 aliphatic rings. The van der Waals surface area contributed by atoms with E-state index in [1.165, 1.54) is 49.8 Å². The summed E-state index contributed by atoms with van der Waals surface area (Å²) in [5, 5.41) is 3.87. The summed E-state index contributed by atoms with van der Waals surface area (Å²) in [7, 11) is 0. The number of rotatable bonds is 7. The minimum absolute atomic E-state index is 0.0318. The third-order valence-electron chi connectivity index (χ3n) is 8.33. The molecule has 1 saturated heterocycles. The molecule has 2 aliphatic heterocycles. The van der Waals surface area contributed by atoms with Crippen LogP contribution in [0.4, 0.5) is 0 Å². The Balaban J connectivity index is 0.000000201. The van der Waals surface area contributed by atoms with E-state index in [9.17, 15) is 14.4 Å². The molecule has 1 spiro atoms. The lowest BCUT2D eigenvalue weighted by atomic mass is 9.62. The largest absolute Gasteiger partial charge is 0.460 e. The maximum atomic E-state index is 12.5. The first-order chi connectivity index (χ1) is 18.0. The lowest BCUT2D eigenvalue weighted by Crippen LogP contribution is -2.65. The van der Waals surface area contributed by atoms with Crippen molar-refractivity contribution in [2.75, 3.05) is 13.2 Å². The molecule has 8 nitrogen and oxygen atoms in total. The summed E-state index contributed by atoms with van der Waals surface area (Å²) in [5.74, 6) is -1.25. The van der Waals surface area contributed by atoms with Gasteiger partial charge in [0.15, 0.2) is 0 Å². The Kier molecular flexibility index (Phi) is 8.82. The molecule has 0 radical (unpaired) electrons. The number of fused-ring (bicyclic) bond motifs is 1. The van der Waals surface area contributed by atoms with Crippen molar-refractivity contribution in [1.82, 2.24) is 10.2 Å². The van der Waals surface area contributed by atoms with Gasteiger partial charge in [-0.1, -0.05) is 37.0 Å². The highest BCUT2D eigenvalue weighted by molar-refractivity contribution is 6.01. The second-order valence-corrected chi connectivity index (χ2v) is 12.6. The Morgan fingerprint density at radius 1 is 1.18 bits per heavy atom. The number of amides is 2. The smallest absolute Gasteiger partial charge is 0.306 e. The molecular weight excluding hydrogens is 482 g/mol. The highest BCUT2D eigenvalue weighted by atomic mass is 16.6. The average Bonchev–Trinajstić information content (AvgIpc) is 3.11. The van der Waals surface area contributed by atoms with Crippen LogP contribution >= 0.6 is 0 Å². The SMILES string of the molecule is C1CCC(NC2CCC23COC3)CC1.Cc1ccc2c(c1)CN(C(CCC(=O)OC(C)(C)C)C(N)=O)C2=O. The standard InChI is InChI=1S/C18H24N2O4.C12H21NO/c1-11-5-6-13-12(9-11)10-20(17(13)23)14(16(19)22)7-8-15(21)24-18(2,3)4;1-2-4-10(5-3-1)13-11-6-7-12(11)8-14-9-12/h5-6,9,14H,7-8,10H2,1-4H3,(H2,19,22);10-11,13H,1-9H2. The lowest BCUT2D eigenvalue weighted by Gasteiger charge is -2.56. The zero-order chi connectivity index (χ0) is 27.5. The van der Waals surface area contributed by atoms with Crippen molar-refractivity contribution >= 4 is 17.8 Å². The summed E-state index contributed by atoms with van der Waals surface area (Å²) < 4.78 is 10.6. The molecule has 2 heterocycles. The summed E-state index contributed by atoms with van der Waals surface area (Å²) in [6, 6.07) is 6.35. The Bertz CT molecular complexity index is 1020. The number of benzene rings is 1. The minimum atomic E-state index is -0.822. The van der Waals surface area contributed by atoms with Gasteiger partial charge < -0.3 is 25.4 Å². The van der Waals surface area contributed by atoms with E-state index in [4.69, 9.17) is 15.2 Å². The molecule has 0 aromatic heterocycles. The molecule has 2 saturated carbocycles. The van der Waals surface area contributed by atoms with Crippen molar-refractivity contribution in [2.45, 2.75) is 116 Å². The summed E-state index contributed by atoms with van der Waals surface area (Å²) in [6.45, 7) is 9.66. The first-order valence-electron chi connectivity index (χ1n) is 14.2. The van der Waals surface area contributed by atoms with Gasteiger partial charge in [0, 0.05) is 36.0 Å². The fraction of sp³-hybridized carbons (Fsp3) is 0.700. The Hall–Kier alpha value is -2.45. The number of hydrogen-bond donors (Lipinski definition) is 2. The monoisotopic (exact) mass is 527 g/mol. The van der Waals surface area contributed by atoms with Crippen LogP contribution in [0.25, 0.3) is 0 Å². The summed E-state index contributed by atoms with van der Waals surface area (Å²) >= 11 is 0. The van der Waals surface area contributed by atoms with Crippen molar-refractivity contribution in [2.24, 2.45) is 11.1 Å². The third-order valence-corrected chi connectivity index (χ3v) is 8.33. The molecule has 8 heteroatoms. The third kappa shape index (κ3) is 6.75. The van der Waals surface area contributed by atoms with Crippen molar-refractivity contribution in [3.05, 3.63) is 34.9 Å². The maximum absolute atomic E-state index is 12.5. The van der Waals surface area contributed by atoms with Crippen LogP contribution in [0.2, 0.25) is 0 Å². The molecule has 38 heavy (non-hydrogen) atoms. The number of ether oxygens (including phenoxy) is 2. The predicted octanol–water partition coefficient (Wildman–Crippen LogP) is 4.01. The van der Waals surface area contributed by atoms with E-state index in [2.05, 4.69) is 5.32 Å². The van der Waals surface area contributed by atoms with Gasteiger partial charge in [0.25, 0.3) is 5.91 Å². The average molecular weight is 528 g/mol. The molecule has 3 N–H and O–H groups in total. The molecule has 2 aliphatic carbocycles. The van der Waals surface area contributed by atoms with Gasteiger partial charge >= 0.3 is 5.97 Å². The van der Waals surface area contributed by atoms with E-state index in [1.54, 1.807) is 26.8 Å². The van der Waals surface area contributed by atoms with Crippen molar-refractivity contribution in [3.63, 3.8) is 0 Å². The summed E-state index contributed by atoms with van der Waals surface area (Å²) in [5.41, 5.74) is 7.98. The summed E-state index contributed by atoms with van der Waals surface area (Å²) in [6.07, 6.45) is 10.1. The molecule has 210 valence electrons. The Morgan fingerprint density at radius 3 is 2.45 bits per heavy atom. The molecule has 2 unspecified atom stereocenters. The molecule has 3 fully saturated rings. The van der Waals surface area contributed by atoms with Gasteiger partial charge in [0.05, 0.1) is 13.2 Å². The molecule has 2 atom stereocenters. The van der Waals surface area contributed by atoms with Crippen LogP contribution in [0.15, 0.2) is 18.2 Å². The fourth-order valence-electron chi connectivity index (χ4n) is 6.04. The molecule has 5 rings (SSSR count). The summed E-state index contributed by atoms with van der Waals surface area (Å²) in [4.78, 5) is 37.7. The normalized spacial score (nSPS) is 23.0. The number of nitrogens with one attached hydrogen (secondary N) is 1. The molecule has 1 aromatic carbocycles. The van der Waals surface area contributed by atoms with Gasteiger partial charge in [-0.05, 0) is 71.4 Å². The Labute approximate surface area is 227 Å². The van der Waals surface area contributed by atoms with Crippen molar-refractivity contribution < 1.29 is 23.9 Å². The number of carbonyl (C=O) groups is 3. The van der Waals surface area contributed by atoms with Gasteiger partial charge in [-0.25, -0.2) is 0 Å². The van der Waals surface area contributed by atoms with Crippen LogP contribution in [0.1, 0.15) is 100 Å². The van der Waals surface area contributed by atoms with Crippen LogP contribution in [0.3, 0.4) is 0 Å². The van der Waals surface area contributed by atoms with Crippen molar-refractivity contribution in [1.29, 1.82) is 0 Å². The van der Waals surface area contributed by atoms with Crippen LogP contribution in [-0.2, 0) is 25.6 Å². The lowest BCUT2D eigenvalue weighted by molar-refractivity contribution is -0.178. The number of carbonyl (C=O) groups excluding carboxylic acids is 3. The van der Waals surface area contributed by atoms with E-state index in [0.29, 0.717) is 17.5 Å². The van der Waals surface area contributed by atoms with Gasteiger partial charge in [-0.3, -0.25) is 14.4 Å². The highest BCUT2D eigenvalue weighted by Gasteiger charge is 2.52. The van der Waals surface area contributed by atoms with E-state index in [1.807, 2.05) is 19.1 Å². The number of nitrogens with zero attached hydrogens (tertiary/aromatic N) is 1. The topological polar surface area (TPSA) is 111 Å². The van der Waals surface area contributed by atoms with E-state index < -0.39 is 23.5 Å². The molecule has 0 bridgehead atoms. The molecular formula is C30H45N3O5. The molecule has 1 aromatic rings. The van der Waals surface area contributed by atoms with E-state index >= 15 is 0 Å². The quantitative estimate of drug-likeness (QED) is 0.519. The first-order valence-corrected chi connectivity index (χ1v) is 14.2. The number of primary amides is 1. The predicted molar refractivity (Wildman–Crippen MR) is 145 cm³/mol. The second kappa shape index (κ2) is 11.7. The van der Waals surface area contributed by atoms with Crippen molar-refractivity contribution in [3.8, 4) is 0 Å². The Morgan fingerprint density at radius 2 is 1.89 bits per heavy atom. The first kappa shape index (κ1) is 28.6. The second-order valence-electron chi connectivity index (χ2n) is 12.6. The number of aryl methyl sites for hydroxylation is 1. The minimum Gasteiger partial charge on any atom is -0.460 e. The number of nitrogens with two attached hydrogens (primary N) is 1. The van der Waals surface area contributed by atoms with Gasteiger partial charge in [-0.15, -0.1) is 0 Å². The van der Waals surface area contributed by atoms with Gasteiger partial charge in [0.1, 0.15) is 11.6 Å². The van der Waals surface area contributed by atoms with Crippen LogP contribution in [0.5, 0.6) is 0 Å². The van der Waals surface area contributed by atoms with Crippen LogP contribution in [-0.4, -0.2) is 59.6 Å². The van der Waals surface area contributed by atoms with E-state index in [0.717, 1.165) is 36.4 Å².